The predicted molar refractivity (Wildman–Crippen MR) is 71.2 cm³/mol. The number of nitrogen functional groups attached to an aromatic ring is 1. The molecule has 6 heteroatoms. The highest BCUT2D eigenvalue weighted by atomic mass is 19.1. The second-order valence-corrected chi connectivity index (χ2v) is 4.01. The van der Waals surface area contributed by atoms with Gasteiger partial charge in [-0.2, -0.15) is 0 Å². The van der Waals surface area contributed by atoms with Gasteiger partial charge in [-0.25, -0.2) is 4.39 Å². The third-order valence-corrected chi connectivity index (χ3v) is 2.64. The molecule has 0 aliphatic carbocycles. The third-order valence-electron chi connectivity index (χ3n) is 2.64. The first-order valence-corrected chi connectivity index (χ1v) is 5.58. The van der Waals surface area contributed by atoms with Gasteiger partial charge in [0.05, 0.1) is 16.3 Å². The van der Waals surface area contributed by atoms with Crippen LogP contribution in [0.4, 0.5) is 21.5 Å². The van der Waals surface area contributed by atoms with Crippen LogP contribution in [0.2, 0.25) is 0 Å². The van der Waals surface area contributed by atoms with Gasteiger partial charge >= 0.3 is 0 Å². The molecular weight excluding hydrogens is 249 g/mol. The Bertz CT molecular complexity index is 599. The molecule has 0 fully saturated rings. The SMILES string of the molecule is Nc1cc([N+](=O)[O-])ccc1NCc1ccc(F)cc1. The summed E-state index contributed by atoms with van der Waals surface area (Å²) in [5.41, 5.74) is 7.47. The number of nitro benzene ring substituents is 1. The lowest BCUT2D eigenvalue weighted by atomic mass is 10.2. The van der Waals surface area contributed by atoms with Crippen molar-refractivity contribution in [3.63, 3.8) is 0 Å². The largest absolute Gasteiger partial charge is 0.397 e. The van der Waals surface area contributed by atoms with Crippen molar-refractivity contribution in [1.29, 1.82) is 0 Å². The molecule has 0 aliphatic heterocycles. The summed E-state index contributed by atoms with van der Waals surface area (Å²) >= 11 is 0. The Labute approximate surface area is 109 Å². The first kappa shape index (κ1) is 12.8. The summed E-state index contributed by atoms with van der Waals surface area (Å²) in [6.07, 6.45) is 0. The highest BCUT2D eigenvalue weighted by Gasteiger charge is 2.08. The van der Waals surface area contributed by atoms with Gasteiger partial charge in [0.2, 0.25) is 0 Å². The van der Waals surface area contributed by atoms with E-state index < -0.39 is 4.92 Å². The maximum Gasteiger partial charge on any atom is 0.271 e. The Morgan fingerprint density at radius 1 is 1.21 bits per heavy atom. The van der Waals surface area contributed by atoms with Crippen LogP contribution in [0, 0.1) is 15.9 Å². The molecule has 98 valence electrons. The van der Waals surface area contributed by atoms with Gasteiger partial charge in [-0.3, -0.25) is 10.1 Å². The van der Waals surface area contributed by atoms with Crippen molar-refractivity contribution >= 4 is 17.1 Å². The van der Waals surface area contributed by atoms with E-state index in [1.807, 2.05) is 0 Å². The Kier molecular flexibility index (Phi) is 3.61. The number of nitro groups is 1. The topological polar surface area (TPSA) is 81.2 Å². The minimum atomic E-state index is -0.500. The van der Waals surface area contributed by atoms with Crippen LogP contribution in [0.1, 0.15) is 5.56 Å². The van der Waals surface area contributed by atoms with Crippen molar-refractivity contribution in [2.75, 3.05) is 11.1 Å². The zero-order valence-corrected chi connectivity index (χ0v) is 9.97. The van der Waals surface area contributed by atoms with Crippen LogP contribution in [0.25, 0.3) is 0 Å². The number of non-ortho nitro benzene ring substituents is 1. The Balaban J connectivity index is 2.07. The molecule has 0 atom stereocenters. The molecule has 0 spiro atoms. The molecule has 0 saturated carbocycles. The van der Waals surface area contributed by atoms with Crippen LogP contribution in [-0.4, -0.2) is 4.92 Å². The van der Waals surface area contributed by atoms with Gasteiger partial charge in [0.25, 0.3) is 5.69 Å². The third kappa shape index (κ3) is 3.19. The van der Waals surface area contributed by atoms with Gasteiger partial charge in [-0.1, -0.05) is 12.1 Å². The van der Waals surface area contributed by atoms with Crippen LogP contribution in [0.5, 0.6) is 0 Å². The summed E-state index contributed by atoms with van der Waals surface area (Å²) in [5, 5.41) is 13.6. The molecular formula is C13H12FN3O2. The molecule has 2 rings (SSSR count). The number of rotatable bonds is 4. The summed E-state index contributed by atoms with van der Waals surface area (Å²) in [7, 11) is 0. The molecule has 0 bridgehead atoms. The van der Waals surface area contributed by atoms with Gasteiger partial charge in [0, 0.05) is 18.7 Å². The van der Waals surface area contributed by atoms with Crippen LogP contribution in [0.15, 0.2) is 42.5 Å². The predicted octanol–water partition coefficient (Wildman–Crippen LogP) is 2.93. The molecule has 2 aromatic rings. The fraction of sp³-hybridized carbons (Fsp3) is 0.0769. The van der Waals surface area contributed by atoms with E-state index in [0.717, 1.165) is 5.56 Å². The second kappa shape index (κ2) is 5.34. The van der Waals surface area contributed by atoms with Crippen LogP contribution in [0.3, 0.4) is 0 Å². The van der Waals surface area contributed by atoms with Gasteiger partial charge in [0.15, 0.2) is 0 Å². The van der Waals surface area contributed by atoms with E-state index in [1.54, 1.807) is 18.2 Å². The minimum Gasteiger partial charge on any atom is -0.397 e. The summed E-state index contributed by atoms with van der Waals surface area (Å²) in [6.45, 7) is 0.461. The molecule has 0 aliphatic rings. The number of nitrogens with zero attached hydrogens (tertiary/aromatic N) is 1. The van der Waals surface area contributed by atoms with Crippen molar-refractivity contribution in [3.8, 4) is 0 Å². The molecule has 2 aromatic carbocycles. The maximum absolute atomic E-state index is 12.7. The molecule has 5 nitrogen and oxygen atoms in total. The summed E-state index contributed by atoms with van der Waals surface area (Å²) in [5.74, 6) is -0.293. The fourth-order valence-corrected chi connectivity index (χ4v) is 1.62. The van der Waals surface area contributed by atoms with Crippen molar-refractivity contribution < 1.29 is 9.31 Å². The average Bonchev–Trinajstić information content (AvgIpc) is 2.39. The normalized spacial score (nSPS) is 10.2. The van der Waals surface area contributed by atoms with E-state index >= 15 is 0 Å². The van der Waals surface area contributed by atoms with Crippen molar-refractivity contribution in [2.45, 2.75) is 6.54 Å². The van der Waals surface area contributed by atoms with E-state index in [-0.39, 0.29) is 11.5 Å². The number of hydrogen-bond acceptors (Lipinski definition) is 4. The van der Waals surface area contributed by atoms with E-state index in [4.69, 9.17) is 5.73 Å². The highest BCUT2D eigenvalue weighted by molar-refractivity contribution is 5.69. The number of halogens is 1. The molecule has 0 amide bonds. The number of anilines is 2. The molecule has 0 heterocycles. The zero-order valence-electron chi connectivity index (χ0n) is 9.97. The van der Waals surface area contributed by atoms with E-state index in [1.165, 1.54) is 24.3 Å². The summed E-state index contributed by atoms with van der Waals surface area (Å²) in [4.78, 5) is 10.1. The standard InChI is InChI=1S/C13H12FN3O2/c14-10-3-1-9(2-4-10)8-16-13-6-5-11(17(18)19)7-12(13)15/h1-7,16H,8,15H2. The maximum atomic E-state index is 12.7. The van der Waals surface area contributed by atoms with Crippen LogP contribution >= 0.6 is 0 Å². The first-order chi connectivity index (χ1) is 9.06. The first-order valence-electron chi connectivity index (χ1n) is 5.58. The lowest BCUT2D eigenvalue weighted by Gasteiger charge is -2.09. The fourth-order valence-electron chi connectivity index (χ4n) is 1.62. The van der Waals surface area contributed by atoms with Gasteiger partial charge in [-0.15, -0.1) is 0 Å². The van der Waals surface area contributed by atoms with Gasteiger partial charge < -0.3 is 11.1 Å². The van der Waals surface area contributed by atoms with Gasteiger partial charge in [-0.05, 0) is 23.8 Å². The molecule has 0 unspecified atom stereocenters. The number of nitrogens with one attached hydrogen (secondary N) is 1. The Morgan fingerprint density at radius 3 is 2.47 bits per heavy atom. The molecule has 0 radical (unpaired) electrons. The smallest absolute Gasteiger partial charge is 0.271 e. The van der Waals surface area contributed by atoms with Crippen molar-refractivity contribution in [1.82, 2.24) is 0 Å². The van der Waals surface area contributed by atoms with Crippen LogP contribution in [-0.2, 0) is 6.54 Å². The molecule has 0 aromatic heterocycles. The van der Waals surface area contributed by atoms with E-state index in [0.29, 0.717) is 17.9 Å². The summed E-state index contributed by atoms with van der Waals surface area (Å²) < 4.78 is 12.7. The van der Waals surface area contributed by atoms with Crippen molar-refractivity contribution in [2.24, 2.45) is 0 Å². The zero-order chi connectivity index (χ0) is 13.8. The average molecular weight is 261 g/mol. The molecule has 3 N–H and O–H groups in total. The van der Waals surface area contributed by atoms with Gasteiger partial charge in [0.1, 0.15) is 5.82 Å². The lowest BCUT2D eigenvalue weighted by Crippen LogP contribution is -2.03. The minimum absolute atomic E-state index is 0.0511. The number of hydrogen-bond donors (Lipinski definition) is 2. The van der Waals surface area contributed by atoms with Crippen LogP contribution < -0.4 is 11.1 Å². The Morgan fingerprint density at radius 2 is 1.89 bits per heavy atom. The molecule has 0 saturated heterocycles. The summed E-state index contributed by atoms with van der Waals surface area (Å²) in [6, 6.07) is 10.3. The monoisotopic (exact) mass is 261 g/mol. The highest BCUT2D eigenvalue weighted by Crippen LogP contribution is 2.24. The quantitative estimate of drug-likeness (QED) is 0.503. The van der Waals surface area contributed by atoms with E-state index in [9.17, 15) is 14.5 Å². The second-order valence-electron chi connectivity index (χ2n) is 4.01. The Hall–Kier alpha value is -2.63. The number of benzene rings is 2. The van der Waals surface area contributed by atoms with E-state index in [2.05, 4.69) is 5.32 Å². The lowest BCUT2D eigenvalue weighted by molar-refractivity contribution is -0.384. The molecule has 19 heavy (non-hydrogen) atoms. The van der Waals surface area contributed by atoms with Crippen molar-refractivity contribution in [3.05, 3.63) is 64.0 Å². The number of nitrogens with two attached hydrogens (primary N) is 1.